The van der Waals surface area contributed by atoms with Gasteiger partial charge in [-0.25, -0.2) is 4.98 Å². The second-order valence-corrected chi connectivity index (χ2v) is 3.31. The highest BCUT2D eigenvalue weighted by atomic mass is 16.4. The topological polar surface area (TPSA) is 55.1 Å². The molecule has 0 amide bonds. The number of nitrogens with zero attached hydrogens (tertiary/aromatic N) is 2. The number of hydrogen-bond donors (Lipinski definition) is 1. The monoisotopic (exact) mass is 182 g/mol. The van der Waals surface area contributed by atoms with Gasteiger partial charge in [0, 0.05) is 25.4 Å². The molecule has 0 spiro atoms. The van der Waals surface area contributed by atoms with Gasteiger partial charge in [0.15, 0.2) is 0 Å². The predicted molar refractivity (Wildman–Crippen MR) is 48.4 cm³/mol. The van der Waals surface area contributed by atoms with Crippen molar-refractivity contribution < 1.29 is 9.90 Å². The largest absolute Gasteiger partial charge is 0.481 e. The fraction of sp³-hybridized carbons (Fsp3) is 0.556. The van der Waals surface area contributed by atoms with E-state index in [1.165, 1.54) is 0 Å². The van der Waals surface area contributed by atoms with E-state index in [-0.39, 0.29) is 5.92 Å². The average molecular weight is 182 g/mol. The van der Waals surface area contributed by atoms with Crippen LogP contribution in [0.4, 0.5) is 0 Å². The summed E-state index contributed by atoms with van der Waals surface area (Å²) in [6.07, 6.45) is 3.50. The number of carbonyl (C=O) groups is 1. The first-order valence-corrected chi connectivity index (χ1v) is 4.24. The summed E-state index contributed by atoms with van der Waals surface area (Å²) in [4.78, 5) is 14.8. The van der Waals surface area contributed by atoms with Crippen LogP contribution < -0.4 is 0 Å². The quantitative estimate of drug-likeness (QED) is 0.765. The predicted octanol–water partition coefficient (Wildman–Crippen LogP) is 1.24. The standard InChI is InChI=1S/C9H14N2O2/c1-6(7(2)9(12)13)8-10-4-5-11(8)3/h4-7H,1-3H3,(H,12,13). The van der Waals surface area contributed by atoms with Crippen LogP contribution in [-0.2, 0) is 11.8 Å². The Kier molecular flexibility index (Phi) is 2.70. The maximum Gasteiger partial charge on any atom is 0.306 e. The normalized spacial score (nSPS) is 15.3. The molecule has 0 aliphatic heterocycles. The Balaban J connectivity index is 2.85. The maximum atomic E-state index is 10.7. The first kappa shape index (κ1) is 9.77. The summed E-state index contributed by atoms with van der Waals surface area (Å²) in [6, 6.07) is 0. The van der Waals surface area contributed by atoms with Crippen molar-refractivity contribution in [3.8, 4) is 0 Å². The number of aromatic nitrogens is 2. The van der Waals surface area contributed by atoms with E-state index in [2.05, 4.69) is 4.98 Å². The van der Waals surface area contributed by atoms with Gasteiger partial charge >= 0.3 is 5.97 Å². The number of aryl methyl sites for hydroxylation is 1. The van der Waals surface area contributed by atoms with Crippen LogP contribution in [-0.4, -0.2) is 20.6 Å². The molecule has 0 aliphatic carbocycles. The molecule has 0 saturated carbocycles. The fourth-order valence-electron chi connectivity index (χ4n) is 1.25. The second kappa shape index (κ2) is 3.60. The summed E-state index contributed by atoms with van der Waals surface area (Å²) in [5.41, 5.74) is 0. The molecular formula is C9H14N2O2. The summed E-state index contributed by atoms with van der Waals surface area (Å²) in [5.74, 6) is -0.427. The molecule has 4 heteroatoms. The van der Waals surface area contributed by atoms with Crippen LogP contribution in [0.15, 0.2) is 12.4 Å². The van der Waals surface area contributed by atoms with Crippen LogP contribution in [0.5, 0.6) is 0 Å². The van der Waals surface area contributed by atoms with Gasteiger partial charge in [-0.15, -0.1) is 0 Å². The molecule has 0 bridgehead atoms. The van der Waals surface area contributed by atoms with E-state index < -0.39 is 11.9 Å². The highest BCUT2D eigenvalue weighted by Crippen LogP contribution is 2.21. The molecule has 0 saturated heterocycles. The van der Waals surface area contributed by atoms with Crippen LogP contribution in [0.2, 0.25) is 0 Å². The smallest absolute Gasteiger partial charge is 0.306 e. The zero-order chi connectivity index (χ0) is 10.0. The lowest BCUT2D eigenvalue weighted by atomic mass is 9.95. The van der Waals surface area contributed by atoms with Crippen LogP contribution >= 0.6 is 0 Å². The Morgan fingerprint density at radius 1 is 1.62 bits per heavy atom. The van der Waals surface area contributed by atoms with E-state index in [1.807, 2.05) is 24.7 Å². The van der Waals surface area contributed by atoms with E-state index in [1.54, 1.807) is 13.1 Å². The van der Waals surface area contributed by atoms with Crippen molar-refractivity contribution in [1.82, 2.24) is 9.55 Å². The van der Waals surface area contributed by atoms with Crippen molar-refractivity contribution in [2.24, 2.45) is 13.0 Å². The maximum absolute atomic E-state index is 10.7. The van der Waals surface area contributed by atoms with Crippen molar-refractivity contribution in [2.75, 3.05) is 0 Å². The van der Waals surface area contributed by atoms with Gasteiger partial charge in [-0.1, -0.05) is 13.8 Å². The minimum Gasteiger partial charge on any atom is -0.481 e. The van der Waals surface area contributed by atoms with Gasteiger partial charge in [0.2, 0.25) is 0 Å². The summed E-state index contributed by atoms with van der Waals surface area (Å²) in [6.45, 7) is 3.57. The van der Waals surface area contributed by atoms with Crippen molar-refractivity contribution in [2.45, 2.75) is 19.8 Å². The summed E-state index contributed by atoms with van der Waals surface area (Å²) in [5, 5.41) is 8.81. The van der Waals surface area contributed by atoms with E-state index in [4.69, 9.17) is 5.11 Å². The van der Waals surface area contributed by atoms with Crippen molar-refractivity contribution >= 4 is 5.97 Å². The minimum absolute atomic E-state index is 0.0579. The number of carboxylic acid groups (broad SMARTS) is 1. The SMILES string of the molecule is CC(C(=O)O)C(C)c1nccn1C. The van der Waals surface area contributed by atoms with E-state index in [0.717, 1.165) is 5.82 Å². The molecule has 0 fully saturated rings. The lowest BCUT2D eigenvalue weighted by Crippen LogP contribution is -2.19. The highest BCUT2D eigenvalue weighted by Gasteiger charge is 2.23. The fourth-order valence-corrected chi connectivity index (χ4v) is 1.25. The first-order chi connectivity index (χ1) is 6.04. The Morgan fingerprint density at radius 3 is 2.62 bits per heavy atom. The summed E-state index contributed by atoms with van der Waals surface area (Å²) in [7, 11) is 1.87. The molecule has 1 aromatic heterocycles. The van der Waals surface area contributed by atoms with Crippen LogP contribution in [0.25, 0.3) is 0 Å². The van der Waals surface area contributed by atoms with Gasteiger partial charge in [0.25, 0.3) is 0 Å². The Labute approximate surface area is 77.2 Å². The van der Waals surface area contributed by atoms with Gasteiger partial charge in [-0.2, -0.15) is 0 Å². The number of carboxylic acids is 1. The molecule has 2 atom stereocenters. The summed E-state index contributed by atoms with van der Waals surface area (Å²) < 4.78 is 1.85. The lowest BCUT2D eigenvalue weighted by Gasteiger charge is -2.15. The third-order valence-corrected chi connectivity index (χ3v) is 2.41. The van der Waals surface area contributed by atoms with Gasteiger partial charge in [0.1, 0.15) is 5.82 Å². The molecule has 1 aromatic rings. The molecule has 4 nitrogen and oxygen atoms in total. The van der Waals surface area contributed by atoms with Crippen molar-refractivity contribution in [1.29, 1.82) is 0 Å². The molecule has 0 aliphatic rings. The minimum atomic E-state index is -0.782. The van der Waals surface area contributed by atoms with Crippen molar-refractivity contribution in [3.05, 3.63) is 18.2 Å². The number of imidazole rings is 1. The third-order valence-electron chi connectivity index (χ3n) is 2.41. The van der Waals surface area contributed by atoms with E-state index in [0.29, 0.717) is 0 Å². The Bertz CT molecular complexity index is 306. The average Bonchev–Trinajstić information content (AvgIpc) is 2.48. The molecule has 0 aromatic carbocycles. The number of hydrogen-bond acceptors (Lipinski definition) is 2. The number of aliphatic carboxylic acids is 1. The molecule has 1 N–H and O–H groups in total. The third kappa shape index (κ3) is 1.88. The zero-order valence-electron chi connectivity index (χ0n) is 8.06. The Hall–Kier alpha value is -1.32. The van der Waals surface area contributed by atoms with Gasteiger partial charge in [-0.05, 0) is 0 Å². The molecular weight excluding hydrogens is 168 g/mol. The van der Waals surface area contributed by atoms with E-state index in [9.17, 15) is 4.79 Å². The lowest BCUT2D eigenvalue weighted by molar-refractivity contribution is -0.141. The molecule has 1 heterocycles. The Morgan fingerprint density at radius 2 is 2.23 bits per heavy atom. The van der Waals surface area contributed by atoms with Crippen molar-refractivity contribution in [3.63, 3.8) is 0 Å². The molecule has 0 radical (unpaired) electrons. The summed E-state index contributed by atoms with van der Waals surface area (Å²) >= 11 is 0. The second-order valence-electron chi connectivity index (χ2n) is 3.31. The van der Waals surface area contributed by atoms with Gasteiger partial charge < -0.3 is 9.67 Å². The molecule has 2 unspecified atom stereocenters. The van der Waals surface area contributed by atoms with Gasteiger partial charge in [-0.3, -0.25) is 4.79 Å². The van der Waals surface area contributed by atoms with E-state index >= 15 is 0 Å². The first-order valence-electron chi connectivity index (χ1n) is 4.24. The highest BCUT2D eigenvalue weighted by molar-refractivity contribution is 5.70. The molecule has 72 valence electrons. The van der Waals surface area contributed by atoms with Crippen LogP contribution in [0.1, 0.15) is 25.6 Å². The zero-order valence-corrected chi connectivity index (χ0v) is 8.06. The molecule has 1 rings (SSSR count). The number of rotatable bonds is 3. The molecule has 13 heavy (non-hydrogen) atoms. The van der Waals surface area contributed by atoms with Gasteiger partial charge in [0.05, 0.1) is 5.92 Å². The van der Waals surface area contributed by atoms with Crippen LogP contribution in [0, 0.1) is 5.92 Å². The van der Waals surface area contributed by atoms with Crippen LogP contribution in [0.3, 0.4) is 0 Å².